The zero-order valence-electron chi connectivity index (χ0n) is 9.81. The first kappa shape index (κ1) is 12.8. The van der Waals surface area contributed by atoms with Crippen molar-refractivity contribution in [2.75, 3.05) is 12.4 Å². The van der Waals surface area contributed by atoms with E-state index in [0.29, 0.717) is 23.6 Å². The lowest BCUT2D eigenvalue weighted by Crippen LogP contribution is -2.30. The Hall–Kier alpha value is -0.240. The molecule has 0 heterocycles. The van der Waals surface area contributed by atoms with Gasteiger partial charge in [0.2, 0.25) is 5.91 Å². The van der Waals surface area contributed by atoms with Crippen LogP contribution in [0.15, 0.2) is 0 Å². The van der Waals surface area contributed by atoms with Crippen molar-refractivity contribution in [2.24, 2.45) is 11.3 Å². The van der Waals surface area contributed by atoms with Crippen molar-refractivity contribution in [2.45, 2.75) is 46.0 Å². The van der Waals surface area contributed by atoms with Crippen LogP contribution in [0, 0.1) is 11.3 Å². The molecule has 1 rings (SSSR count). The molecule has 1 fully saturated rings. The third kappa shape index (κ3) is 4.87. The molecule has 0 aromatic heterocycles. The van der Waals surface area contributed by atoms with E-state index >= 15 is 0 Å². The summed E-state index contributed by atoms with van der Waals surface area (Å²) in [7, 11) is 0. The average molecular weight is 232 g/mol. The lowest BCUT2D eigenvalue weighted by molar-refractivity contribution is -0.121. The monoisotopic (exact) mass is 231 g/mol. The van der Waals surface area contributed by atoms with Crippen molar-refractivity contribution >= 4 is 17.5 Å². The molecular weight excluding hydrogens is 210 g/mol. The van der Waals surface area contributed by atoms with Crippen LogP contribution in [-0.2, 0) is 4.79 Å². The van der Waals surface area contributed by atoms with Crippen LogP contribution in [0.25, 0.3) is 0 Å². The van der Waals surface area contributed by atoms with Gasteiger partial charge in [0.05, 0.1) is 0 Å². The fraction of sp³-hybridized carbons (Fsp3) is 0.917. The van der Waals surface area contributed by atoms with Crippen molar-refractivity contribution in [3.8, 4) is 0 Å². The Morgan fingerprint density at radius 1 is 1.47 bits per heavy atom. The van der Waals surface area contributed by atoms with Crippen molar-refractivity contribution < 1.29 is 4.79 Å². The molecule has 3 heteroatoms. The summed E-state index contributed by atoms with van der Waals surface area (Å²) >= 11 is 5.73. The normalized spacial score (nSPS) is 17.9. The molecule has 0 bridgehead atoms. The molecule has 0 radical (unpaired) electrons. The van der Waals surface area contributed by atoms with E-state index in [1.807, 2.05) is 0 Å². The summed E-state index contributed by atoms with van der Waals surface area (Å²) in [6.45, 7) is 5.11. The number of carbonyl (C=O) groups excluding carboxylic acids is 1. The SMILES string of the molecule is CC(C)CCC(=O)NCC1(CCCl)CC1. The van der Waals surface area contributed by atoms with Gasteiger partial charge in [0.1, 0.15) is 0 Å². The fourth-order valence-electron chi connectivity index (χ4n) is 1.69. The second-order valence-electron chi connectivity index (χ2n) is 5.15. The molecule has 1 saturated carbocycles. The van der Waals surface area contributed by atoms with E-state index in [0.717, 1.165) is 19.4 Å². The molecule has 0 aromatic rings. The molecule has 1 amide bonds. The summed E-state index contributed by atoms with van der Waals surface area (Å²) in [5.74, 6) is 1.51. The molecule has 0 saturated heterocycles. The van der Waals surface area contributed by atoms with Crippen LogP contribution in [0.5, 0.6) is 0 Å². The predicted octanol–water partition coefficient (Wildman–Crippen LogP) is 2.95. The van der Waals surface area contributed by atoms with Gasteiger partial charge in [0.15, 0.2) is 0 Å². The molecule has 0 aromatic carbocycles. The van der Waals surface area contributed by atoms with Gasteiger partial charge in [0.25, 0.3) is 0 Å². The zero-order valence-corrected chi connectivity index (χ0v) is 10.6. The van der Waals surface area contributed by atoms with Gasteiger partial charge in [-0.25, -0.2) is 0 Å². The van der Waals surface area contributed by atoms with Crippen LogP contribution in [-0.4, -0.2) is 18.3 Å². The molecule has 88 valence electrons. The number of halogens is 1. The quantitative estimate of drug-likeness (QED) is 0.671. The molecule has 15 heavy (non-hydrogen) atoms. The van der Waals surface area contributed by atoms with E-state index in [-0.39, 0.29) is 5.91 Å². The molecule has 0 aliphatic heterocycles. The van der Waals surface area contributed by atoms with E-state index in [4.69, 9.17) is 11.6 Å². The van der Waals surface area contributed by atoms with Gasteiger partial charge in [0, 0.05) is 18.8 Å². The van der Waals surface area contributed by atoms with Crippen LogP contribution in [0.3, 0.4) is 0 Å². The molecule has 1 N–H and O–H groups in total. The number of carbonyl (C=O) groups is 1. The lowest BCUT2D eigenvalue weighted by Gasteiger charge is -2.14. The van der Waals surface area contributed by atoms with E-state index in [1.165, 1.54) is 12.8 Å². The van der Waals surface area contributed by atoms with Crippen molar-refractivity contribution in [3.63, 3.8) is 0 Å². The highest BCUT2D eigenvalue weighted by atomic mass is 35.5. The van der Waals surface area contributed by atoms with Crippen LogP contribution < -0.4 is 5.32 Å². The molecule has 1 aliphatic carbocycles. The Morgan fingerprint density at radius 3 is 2.60 bits per heavy atom. The first-order valence-electron chi connectivity index (χ1n) is 5.91. The Kier molecular flexibility index (Phi) is 4.91. The van der Waals surface area contributed by atoms with Gasteiger partial charge in [-0.2, -0.15) is 0 Å². The molecule has 1 aliphatic rings. The Labute approximate surface area is 97.8 Å². The summed E-state index contributed by atoms with van der Waals surface area (Å²) in [6.07, 6.45) is 5.14. The molecule has 2 nitrogen and oxygen atoms in total. The van der Waals surface area contributed by atoms with Crippen molar-refractivity contribution in [1.82, 2.24) is 5.32 Å². The minimum atomic E-state index is 0.199. The number of amides is 1. The Bertz CT molecular complexity index is 212. The van der Waals surface area contributed by atoms with Gasteiger partial charge in [-0.1, -0.05) is 13.8 Å². The average Bonchev–Trinajstić information content (AvgIpc) is 2.93. The second-order valence-corrected chi connectivity index (χ2v) is 5.53. The first-order chi connectivity index (χ1) is 7.08. The Morgan fingerprint density at radius 2 is 2.13 bits per heavy atom. The van der Waals surface area contributed by atoms with E-state index in [9.17, 15) is 4.79 Å². The third-order valence-electron chi connectivity index (χ3n) is 3.19. The number of hydrogen-bond donors (Lipinski definition) is 1. The van der Waals surface area contributed by atoms with E-state index in [2.05, 4.69) is 19.2 Å². The van der Waals surface area contributed by atoms with Gasteiger partial charge in [-0.15, -0.1) is 11.6 Å². The number of rotatable bonds is 7. The van der Waals surface area contributed by atoms with Crippen LogP contribution in [0.2, 0.25) is 0 Å². The maximum atomic E-state index is 11.5. The second kappa shape index (κ2) is 5.74. The third-order valence-corrected chi connectivity index (χ3v) is 3.38. The van der Waals surface area contributed by atoms with Crippen molar-refractivity contribution in [1.29, 1.82) is 0 Å². The van der Waals surface area contributed by atoms with Gasteiger partial charge >= 0.3 is 0 Å². The highest BCUT2D eigenvalue weighted by Gasteiger charge is 2.41. The number of nitrogens with one attached hydrogen (secondary N) is 1. The smallest absolute Gasteiger partial charge is 0.220 e. The van der Waals surface area contributed by atoms with Gasteiger partial charge < -0.3 is 5.32 Å². The van der Waals surface area contributed by atoms with Gasteiger partial charge in [-0.3, -0.25) is 4.79 Å². The predicted molar refractivity (Wildman–Crippen MR) is 64.1 cm³/mol. The summed E-state index contributed by atoms with van der Waals surface area (Å²) in [4.78, 5) is 11.5. The standard InChI is InChI=1S/C12H22ClNO/c1-10(2)3-4-11(15)14-9-12(5-6-12)7-8-13/h10H,3-9H2,1-2H3,(H,14,15). The summed E-state index contributed by atoms with van der Waals surface area (Å²) in [5, 5.41) is 3.03. The minimum Gasteiger partial charge on any atom is -0.356 e. The van der Waals surface area contributed by atoms with Gasteiger partial charge in [-0.05, 0) is 37.0 Å². The molecule has 0 atom stereocenters. The van der Waals surface area contributed by atoms with Crippen LogP contribution >= 0.6 is 11.6 Å². The van der Waals surface area contributed by atoms with E-state index < -0.39 is 0 Å². The fourth-order valence-corrected chi connectivity index (χ4v) is 2.09. The largest absolute Gasteiger partial charge is 0.356 e. The van der Waals surface area contributed by atoms with E-state index in [1.54, 1.807) is 0 Å². The topological polar surface area (TPSA) is 29.1 Å². The summed E-state index contributed by atoms with van der Waals surface area (Å²) < 4.78 is 0. The van der Waals surface area contributed by atoms with Crippen LogP contribution in [0.1, 0.15) is 46.0 Å². The number of hydrogen-bond acceptors (Lipinski definition) is 1. The Balaban J connectivity index is 2.11. The molecule has 0 spiro atoms. The summed E-state index contributed by atoms with van der Waals surface area (Å²) in [6, 6.07) is 0. The summed E-state index contributed by atoms with van der Waals surface area (Å²) in [5.41, 5.74) is 0.356. The zero-order chi connectivity index (χ0) is 11.3. The first-order valence-corrected chi connectivity index (χ1v) is 6.44. The van der Waals surface area contributed by atoms with Crippen molar-refractivity contribution in [3.05, 3.63) is 0 Å². The molecule has 0 unspecified atom stereocenters. The maximum absolute atomic E-state index is 11.5. The molecular formula is C12H22ClNO. The van der Waals surface area contributed by atoms with Crippen LogP contribution in [0.4, 0.5) is 0 Å². The minimum absolute atomic E-state index is 0.199. The lowest BCUT2D eigenvalue weighted by atomic mass is 10.0. The highest BCUT2D eigenvalue weighted by molar-refractivity contribution is 6.17. The number of alkyl halides is 1. The highest BCUT2D eigenvalue weighted by Crippen LogP contribution is 2.48. The maximum Gasteiger partial charge on any atom is 0.220 e.